The maximum Gasteiger partial charge on any atom is 0.260 e. The van der Waals surface area contributed by atoms with Gasteiger partial charge in [-0.25, -0.2) is 0 Å². The minimum Gasteiger partial charge on any atom is -0.493 e. The molecule has 156 valence electrons. The number of benzene rings is 3. The fourth-order valence-electron chi connectivity index (χ4n) is 3.03. The third-order valence-corrected chi connectivity index (χ3v) is 4.80. The molecule has 1 amide bonds. The molecule has 4 rings (SSSR count). The maximum absolute atomic E-state index is 12.6. The van der Waals surface area contributed by atoms with E-state index in [2.05, 4.69) is 15.5 Å². The summed E-state index contributed by atoms with van der Waals surface area (Å²) in [7, 11) is 3.13. The van der Waals surface area contributed by atoms with E-state index >= 15 is 0 Å². The second-order valence-corrected chi connectivity index (χ2v) is 6.94. The van der Waals surface area contributed by atoms with Crippen molar-refractivity contribution in [2.24, 2.45) is 0 Å². The molecule has 0 bridgehead atoms. The maximum atomic E-state index is 12.6. The summed E-state index contributed by atoms with van der Waals surface area (Å²) >= 11 is 5.99. The number of ether oxygens (including phenoxy) is 2. The first-order valence-electron chi connectivity index (χ1n) is 9.31. The van der Waals surface area contributed by atoms with Crippen LogP contribution in [0.5, 0.6) is 11.5 Å². The van der Waals surface area contributed by atoms with Crippen molar-refractivity contribution in [2.75, 3.05) is 19.5 Å². The van der Waals surface area contributed by atoms with Gasteiger partial charge in [0.25, 0.3) is 11.8 Å². The fraction of sp³-hybridized carbons (Fsp3) is 0.0870. The molecule has 0 aliphatic rings. The summed E-state index contributed by atoms with van der Waals surface area (Å²) in [5.74, 6) is 1.51. The second-order valence-electron chi connectivity index (χ2n) is 6.50. The zero-order valence-electron chi connectivity index (χ0n) is 16.8. The van der Waals surface area contributed by atoms with Crippen LogP contribution in [0.2, 0.25) is 5.02 Å². The SMILES string of the molecule is COc1ccc(-c2noc(-c3ccccc3NC(=O)c3cccc(Cl)c3)n2)cc1OC. The molecule has 0 unspecified atom stereocenters. The molecule has 0 spiro atoms. The van der Waals surface area contributed by atoms with Crippen LogP contribution in [-0.4, -0.2) is 30.3 Å². The summed E-state index contributed by atoms with van der Waals surface area (Å²) < 4.78 is 16.1. The number of hydrogen-bond donors (Lipinski definition) is 1. The summed E-state index contributed by atoms with van der Waals surface area (Å²) in [6, 6.07) is 19.2. The number of rotatable bonds is 6. The largest absolute Gasteiger partial charge is 0.493 e. The third kappa shape index (κ3) is 4.36. The first-order chi connectivity index (χ1) is 15.1. The third-order valence-electron chi connectivity index (χ3n) is 4.56. The Hall–Kier alpha value is -3.84. The first kappa shape index (κ1) is 20.4. The van der Waals surface area contributed by atoms with Gasteiger partial charge in [0.2, 0.25) is 5.82 Å². The van der Waals surface area contributed by atoms with Gasteiger partial charge in [-0.2, -0.15) is 4.98 Å². The number of methoxy groups -OCH3 is 2. The van der Waals surface area contributed by atoms with Crippen LogP contribution in [0.15, 0.2) is 71.3 Å². The van der Waals surface area contributed by atoms with E-state index in [0.29, 0.717) is 44.7 Å². The Morgan fingerprint density at radius 2 is 1.77 bits per heavy atom. The number of aromatic nitrogens is 2. The minimum absolute atomic E-state index is 0.270. The van der Waals surface area contributed by atoms with Crippen molar-refractivity contribution in [3.8, 4) is 34.3 Å². The molecule has 7 nitrogen and oxygen atoms in total. The number of nitrogens with zero attached hydrogens (tertiary/aromatic N) is 2. The summed E-state index contributed by atoms with van der Waals surface area (Å²) in [4.78, 5) is 17.1. The quantitative estimate of drug-likeness (QED) is 0.440. The predicted octanol–water partition coefficient (Wildman–Crippen LogP) is 5.33. The number of anilines is 1. The minimum atomic E-state index is -0.297. The molecule has 0 atom stereocenters. The second kappa shape index (κ2) is 8.89. The summed E-state index contributed by atoms with van der Waals surface area (Å²) in [6.45, 7) is 0. The van der Waals surface area contributed by atoms with E-state index in [1.54, 1.807) is 62.8 Å². The molecule has 0 aliphatic carbocycles. The van der Waals surface area contributed by atoms with Gasteiger partial charge in [0.1, 0.15) is 0 Å². The van der Waals surface area contributed by atoms with Gasteiger partial charge in [-0.1, -0.05) is 35.0 Å². The Labute approximate surface area is 183 Å². The van der Waals surface area contributed by atoms with E-state index in [4.69, 9.17) is 25.6 Å². The van der Waals surface area contributed by atoms with Crippen LogP contribution in [0.4, 0.5) is 5.69 Å². The number of halogens is 1. The Bertz CT molecular complexity index is 1240. The van der Waals surface area contributed by atoms with E-state index < -0.39 is 0 Å². The normalized spacial score (nSPS) is 10.5. The number of hydrogen-bond acceptors (Lipinski definition) is 6. The predicted molar refractivity (Wildman–Crippen MR) is 118 cm³/mol. The molecule has 0 fully saturated rings. The molecule has 0 radical (unpaired) electrons. The zero-order chi connectivity index (χ0) is 21.8. The molecule has 8 heteroatoms. The fourth-order valence-corrected chi connectivity index (χ4v) is 3.22. The molecule has 0 saturated carbocycles. The van der Waals surface area contributed by atoms with Crippen LogP contribution < -0.4 is 14.8 Å². The lowest BCUT2D eigenvalue weighted by atomic mass is 10.1. The standard InChI is InChI=1S/C23H18ClN3O4/c1-29-19-11-10-14(13-20(19)30-2)21-26-23(31-27-21)17-8-3-4-9-18(17)25-22(28)15-6-5-7-16(24)12-15/h3-13H,1-2H3,(H,25,28). The van der Waals surface area contributed by atoms with Gasteiger partial charge in [-0.3, -0.25) is 4.79 Å². The average molecular weight is 436 g/mol. The van der Waals surface area contributed by atoms with Crippen molar-refractivity contribution in [1.82, 2.24) is 10.1 Å². The van der Waals surface area contributed by atoms with Crippen LogP contribution in [0.1, 0.15) is 10.4 Å². The van der Waals surface area contributed by atoms with E-state index in [9.17, 15) is 4.79 Å². The van der Waals surface area contributed by atoms with Gasteiger partial charge in [-0.05, 0) is 48.5 Å². The van der Waals surface area contributed by atoms with Crippen LogP contribution in [-0.2, 0) is 0 Å². The summed E-state index contributed by atoms with van der Waals surface area (Å²) in [6.07, 6.45) is 0. The lowest BCUT2D eigenvalue weighted by molar-refractivity contribution is 0.102. The van der Waals surface area contributed by atoms with E-state index in [1.165, 1.54) is 0 Å². The van der Waals surface area contributed by atoms with E-state index in [0.717, 1.165) is 0 Å². The summed E-state index contributed by atoms with van der Waals surface area (Å²) in [5, 5.41) is 7.43. The molecule has 3 aromatic carbocycles. The van der Waals surface area contributed by atoms with Crippen molar-refractivity contribution in [1.29, 1.82) is 0 Å². The first-order valence-corrected chi connectivity index (χ1v) is 9.69. The van der Waals surface area contributed by atoms with Gasteiger partial charge in [0.05, 0.1) is 25.5 Å². The van der Waals surface area contributed by atoms with E-state index in [-0.39, 0.29) is 11.8 Å². The van der Waals surface area contributed by atoms with Gasteiger partial charge in [0.15, 0.2) is 11.5 Å². The topological polar surface area (TPSA) is 86.5 Å². The molecule has 0 saturated heterocycles. The van der Waals surface area contributed by atoms with Crippen molar-refractivity contribution >= 4 is 23.2 Å². The molecule has 4 aromatic rings. The van der Waals surface area contributed by atoms with Crippen molar-refractivity contribution < 1.29 is 18.8 Å². The lowest BCUT2D eigenvalue weighted by Gasteiger charge is -2.09. The number of nitrogens with one attached hydrogen (secondary N) is 1. The number of para-hydroxylation sites is 1. The molecule has 1 aromatic heterocycles. The van der Waals surface area contributed by atoms with Crippen LogP contribution in [0, 0.1) is 0 Å². The number of carbonyl (C=O) groups excluding carboxylic acids is 1. The Kier molecular flexibility index (Phi) is 5.86. The van der Waals surface area contributed by atoms with Crippen molar-refractivity contribution in [3.63, 3.8) is 0 Å². The Morgan fingerprint density at radius 1 is 0.968 bits per heavy atom. The highest BCUT2D eigenvalue weighted by Gasteiger charge is 2.17. The molecule has 31 heavy (non-hydrogen) atoms. The lowest BCUT2D eigenvalue weighted by Crippen LogP contribution is -2.12. The Balaban J connectivity index is 1.63. The Morgan fingerprint density at radius 3 is 2.55 bits per heavy atom. The van der Waals surface area contributed by atoms with Crippen LogP contribution in [0.25, 0.3) is 22.8 Å². The highest BCUT2D eigenvalue weighted by atomic mass is 35.5. The van der Waals surface area contributed by atoms with Crippen molar-refractivity contribution in [2.45, 2.75) is 0 Å². The van der Waals surface area contributed by atoms with Crippen LogP contribution in [0.3, 0.4) is 0 Å². The zero-order valence-corrected chi connectivity index (χ0v) is 17.5. The average Bonchev–Trinajstić information content (AvgIpc) is 3.29. The molecular formula is C23H18ClN3O4. The smallest absolute Gasteiger partial charge is 0.260 e. The molecule has 1 N–H and O–H groups in total. The molecule has 1 heterocycles. The van der Waals surface area contributed by atoms with Gasteiger partial charge in [-0.15, -0.1) is 0 Å². The number of amides is 1. The van der Waals surface area contributed by atoms with Gasteiger partial charge >= 0.3 is 0 Å². The van der Waals surface area contributed by atoms with Gasteiger partial charge in [0, 0.05) is 16.1 Å². The van der Waals surface area contributed by atoms with Crippen molar-refractivity contribution in [3.05, 3.63) is 77.3 Å². The van der Waals surface area contributed by atoms with Gasteiger partial charge < -0.3 is 19.3 Å². The number of carbonyl (C=O) groups is 1. The highest BCUT2D eigenvalue weighted by Crippen LogP contribution is 2.33. The van der Waals surface area contributed by atoms with Crippen LogP contribution >= 0.6 is 11.6 Å². The summed E-state index contributed by atoms with van der Waals surface area (Å²) in [5.41, 5.74) is 2.28. The molecule has 0 aliphatic heterocycles. The molecular weight excluding hydrogens is 418 g/mol. The van der Waals surface area contributed by atoms with E-state index in [1.807, 2.05) is 18.2 Å². The highest BCUT2D eigenvalue weighted by molar-refractivity contribution is 6.31. The monoisotopic (exact) mass is 435 g/mol.